The molecule has 1 aliphatic heterocycles. The first-order chi connectivity index (χ1) is 4.63. The zero-order valence-corrected chi connectivity index (χ0v) is 6.91. The van der Waals surface area contributed by atoms with Crippen LogP contribution >= 0.6 is 0 Å². The second-order valence-electron chi connectivity index (χ2n) is 3.10. The van der Waals surface area contributed by atoms with Gasteiger partial charge in [0.2, 0.25) is 0 Å². The van der Waals surface area contributed by atoms with E-state index in [1.165, 1.54) is 0 Å². The minimum Gasteiger partial charge on any atom is -0.377 e. The molecule has 0 saturated carbocycles. The average molecular weight is 144 g/mol. The Bertz CT molecular complexity index is 116. The third-order valence-electron chi connectivity index (χ3n) is 2.05. The van der Waals surface area contributed by atoms with Crippen molar-refractivity contribution in [2.45, 2.75) is 32.5 Å². The van der Waals surface area contributed by atoms with Crippen molar-refractivity contribution in [3.63, 3.8) is 0 Å². The van der Waals surface area contributed by atoms with Crippen molar-refractivity contribution in [3.8, 4) is 0 Å². The molecule has 0 aliphatic carbocycles. The highest BCUT2D eigenvalue weighted by atomic mass is 16.3. The maximum Gasteiger partial charge on any atom is 0.121 e. The smallest absolute Gasteiger partial charge is 0.121 e. The molecule has 0 spiro atoms. The number of aliphatic hydroxyl groups is 1. The van der Waals surface area contributed by atoms with Gasteiger partial charge in [-0.15, -0.1) is 0 Å². The Kier molecular flexibility index (Phi) is 2.28. The Morgan fingerprint density at radius 1 is 1.50 bits per heavy atom. The SMILES string of the molecule is CC(C)N1CCC(O)N1C. The molecule has 1 saturated heterocycles. The lowest BCUT2D eigenvalue weighted by atomic mass is 10.3. The molecule has 1 heterocycles. The van der Waals surface area contributed by atoms with Crippen LogP contribution in [-0.2, 0) is 0 Å². The maximum atomic E-state index is 9.30. The van der Waals surface area contributed by atoms with E-state index in [-0.39, 0.29) is 6.23 Å². The maximum absolute atomic E-state index is 9.30. The summed E-state index contributed by atoms with van der Waals surface area (Å²) in [6.45, 7) is 5.25. The van der Waals surface area contributed by atoms with Crippen molar-refractivity contribution < 1.29 is 5.11 Å². The first-order valence-electron chi connectivity index (χ1n) is 3.80. The number of hydrogen-bond acceptors (Lipinski definition) is 3. The lowest BCUT2D eigenvalue weighted by Gasteiger charge is -2.29. The molecule has 10 heavy (non-hydrogen) atoms. The van der Waals surface area contributed by atoms with Crippen LogP contribution in [0.1, 0.15) is 20.3 Å². The van der Waals surface area contributed by atoms with Crippen LogP contribution in [0.25, 0.3) is 0 Å². The molecular weight excluding hydrogens is 128 g/mol. The monoisotopic (exact) mass is 144 g/mol. The summed E-state index contributed by atoms with van der Waals surface area (Å²) in [5.74, 6) is 0. The molecule has 0 amide bonds. The van der Waals surface area contributed by atoms with Crippen LogP contribution in [0.3, 0.4) is 0 Å². The largest absolute Gasteiger partial charge is 0.377 e. The molecule has 1 rings (SSSR count). The van der Waals surface area contributed by atoms with Gasteiger partial charge in [-0.25, -0.2) is 10.0 Å². The summed E-state index contributed by atoms with van der Waals surface area (Å²) < 4.78 is 0. The zero-order chi connectivity index (χ0) is 7.72. The summed E-state index contributed by atoms with van der Waals surface area (Å²) in [4.78, 5) is 0. The van der Waals surface area contributed by atoms with Crippen LogP contribution in [0, 0.1) is 0 Å². The van der Waals surface area contributed by atoms with Gasteiger partial charge in [0.15, 0.2) is 0 Å². The molecule has 3 heteroatoms. The summed E-state index contributed by atoms with van der Waals surface area (Å²) >= 11 is 0. The highest BCUT2D eigenvalue weighted by Gasteiger charge is 2.27. The third-order valence-corrected chi connectivity index (χ3v) is 2.05. The topological polar surface area (TPSA) is 26.7 Å². The molecule has 1 fully saturated rings. The van der Waals surface area contributed by atoms with Gasteiger partial charge in [-0.05, 0) is 13.8 Å². The molecule has 1 aliphatic rings. The highest BCUT2D eigenvalue weighted by Crippen LogP contribution is 2.15. The van der Waals surface area contributed by atoms with Crippen LogP contribution in [0.4, 0.5) is 0 Å². The lowest BCUT2D eigenvalue weighted by molar-refractivity contribution is -0.0773. The average Bonchev–Trinajstić information content (AvgIpc) is 2.14. The van der Waals surface area contributed by atoms with Crippen molar-refractivity contribution in [2.75, 3.05) is 13.6 Å². The summed E-state index contributed by atoms with van der Waals surface area (Å²) in [6, 6.07) is 0.502. The van der Waals surface area contributed by atoms with Crippen molar-refractivity contribution in [3.05, 3.63) is 0 Å². The van der Waals surface area contributed by atoms with Crippen LogP contribution in [-0.4, -0.2) is 41.0 Å². The van der Waals surface area contributed by atoms with E-state index < -0.39 is 0 Å². The quantitative estimate of drug-likeness (QED) is 0.572. The second-order valence-corrected chi connectivity index (χ2v) is 3.10. The molecule has 0 aromatic carbocycles. The standard InChI is InChI=1S/C7H16N2O/c1-6(2)9-5-4-7(10)8(9)3/h6-7,10H,4-5H2,1-3H3. The fraction of sp³-hybridized carbons (Fsp3) is 1.00. The minimum atomic E-state index is -0.262. The fourth-order valence-corrected chi connectivity index (χ4v) is 1.39. The van der Waals surface area contributed by atoms with Gasteiger partial charge in [-0.2, -0.15) is 0 Å². The van der Waals surface area contributed by atoms with E-state index in [1.54, 1.807) is 0 Å². The Hall–Kier alpha value is -0.120. The van der Waals surface area contributed by atoms with Crippen LogP contribution < -0.4 is 0 Å². The van der Waals surface area contributed by atoms with Gasteiger partial charge in [0.25, 0.3) is 0 Å². The van der Waals surface area contributed by atoms with Crippen LogP contribution in [0.2, 0.25) is 0 Å². The number of rotatable bonds is 1. The zero-order valence-electron chi connectivity index (χ0n) is 6.91. The number of nitrogens with zero attached hydrogens (tertiary/aromatic N) is 2. The van der Waals surface area contributed by atoms with Gasteiger partial charge < -0.3 is 5.11 Å². The summed E-state index contributed by atoms with van der Waals surface area (Å²) in [5, 5.41) is 13.4. The Morgan fingerprint density at radius 2 is 2.10 bits per heavy atom. The Labute approximate surface area is 62.2 Å². The lowest BCUT2D eigenvalue weighted by Crippen LogP contribution is -2.41. The van der Waals surface area contributed by atoms with Gasteiger partial charge in [-0.3, -0.25) is 0 Å². The normalized spacial score (nSPS) is 30.3. The predicted molar refractivity (Wildman–Crippen MR) is 40.2 cm³/mol. The third kappa shape index (κ3) is 1.31. The second kappa shape index (κ2) is 2.86. The fourth-order valence-electron chi connectivity index (χ4n) is 1.39. The minimum absolute atomic E-state index is 0.262. The molecule has 1 atom stereocenters. The van der Waals surface area contributed by atoms with Crippen LogP contribution in [0.15, 0.2) is 0 Å². The van der Waals surface area contributed by atoms with Gasteiger partial charge in [0, 0.05) is 26.1 Å². The molecule has 0 bridgehead atoms. The van der Waals surface area contributed by atoms with Crippen LogP contribution in [0.5, 0.6) is 0 Å². The van der Waals surface area contributed by atoms with Crippen molar-refractivity contribution in [2.24, 2.45) is 0 Å². The van der Waals surface area contributed by atoms with Gasteiger partial charge in [0.05, 0.1) is 0 Å². The summed E-state index contributed by atoms with van der Waals surface area (Å²) in [5.41, 5.74) is 0. The van der Waals surface area contributed by atoms with E-state index in [0.29, 0.717) is 6.04 Å². The van der Waals surface area contributed by atoms with Gasteiger partial charge in [0.1, 0.15) is 6.23 Å². The van der Waals surface area contributed by atoms with E-state index in [2.05, 4.69) is 18.9 Å². The molecule has 3 nitrogen and oxygen atoms in total. The molecule has 1 unspecified atom stereocenters. The van der Waals surface area contributed by atoms with E-state index in [9.17, 15) is 5.11 Å². The summed E-state index contributed by atoms with van der Waals surface area (Å²) in [6.07, 6.45) is 0.608. The van der Waals surface area contributed by atoms with E-state index >= 15 is 0 Å². The van der Waals surface area contributed by atoms with Gasteiger partial charge >= 0.3 is 0 Å². The van der Waals surface area contributed by atoms with Crippen molar-refractivity contribution in [1.82, 2.24) is 10.0 Å². The molecule has 60 valence electrons. The Balaban J connectivity index is 2.49. The molecule has 0 radical (unpaired) electrons. The summed E-state index contributed by atoms with van der Waals surface area (Å²) in [7, 11) is 1.93. The van der Waals surface area contributed by atoms with Crippen molar-refractivity contribution in [1.29, 1.82) is 0 Å². The molecular formula is C7H16N2O. The molecule has 0 aromatic heterocycles. The first-order valence-corrected chi connectivity index (χ1v) is 3.80. The van der Waals surface area contributed by atoms with Crippen molar-refractivity contribution >= 4 is 0 Å². The number of aliphatic hydroxyl groups excluding tert-OH is 1. The van der Waals surface area contributed by atoms with E-state index in [1.807, 2.05) is 12.1 Å². The number of hydrazine groups is 1. The predicted octanol–water partition coefficient (Wildman–Crippen LogP) is 0.266. The van der Waals surface area contributed by atoms with E-state index in [0.717, 1.165) is 13.0 Å². The molecule has 0 aromatic rings. The Morgan fingerprint density at radius 3 is 2.30 bits per heavy atom. The van der Waals surface area contributed by atoms with E-state index in [4.69, 9.17) is 0 Å². The van der Waals surface area contributed by atoms with Gasteiger partial charge in [-0.1, -0.05) is 0 Å². The number of hydrogen-bond donors (Lipinski definition) is 1. The molecule has 1 N–H and O–H groups in total. The first kappa shape index (κ1) is 7.98. The highest BCUT2D eigenvalue weighted by molar-refractivity contribution is 4.70.